The Morgan fingerprint density at radius 1 is 1.40 bits per heavy atom. The molecule has 1 unspecified atom stereocenters. The number of benzene rings is 1. The predicted octanol–water partition coefficient (Wildman–Crippen LogP) is 6.32. The minimum Gasteiger partial charge on any atom is -0.391 e. The summed E-state index contributed by atoms with van der Waals surface area (Å²) in [7, 11) is 1.42. The summed E-state index contributed by atoms with van der Waals surface area (Å²) in [5.74, 6) is 0.464. The van der Waals surface area contributed by atoms with Crippen molar-refractivity contribution in [3.63, 3.8) is 0 Å². The van der Waals surface area contributed by atoms with E-state index in [0.29, 0.717) is 23.7 Å². The Morgan fingerprint density at radius 2 is 2.13 bits per heavy atom. The molecule has 1 saturated carbocycles. The highest BCUT2D eigenvalue weighted by Crippen LogP contribution is 2.43. The van der Waals surface area contributed by atoms with E-state index in [2.05, 4.69) is 21.8 Å². The number of allylic oxidation sites excluding steroid dienone is 4. The zero-order valence-electron chi connectivity index (χ0n) is 17.2. The zero-order valence-corrected chi connectivity index (χ0v) is 18.7. The van der Waals surface area contributed by atoms with E-state index in [1.807, 2.05) is 32.1 Å². The first kappa shape index (κ1) is 22.3. The number of nitrogens with zero attached hydrogens (tertiary/aromatic N) is 3. The number of oxime groups is 1. The molecule has 1 fully saturated rings. The fraction of sp³-hybridized carbons (Fsp3) is 0.429. The second-order valence-electron chi connectivity index (χ2n) is 7.48. The lowest BCUT2D eigenvalue weighted by molar-refractivity contribution is 0.130. The van der Waals surface area contributed by atoms with E-state index in [-0.39, 0.29) is 12.0 Å². The summed E-state index contributed by atoms with van der Waals surface area (Å²) in [5, 5.41) is 11.7. The van der Waals surface area contributed by atoms with E-state index in [1.54, 1.807) is 0 Å². The van der Waals surface area contributed by atoms with Gasteiger partial charge < -0.3 is 10.2 Å². The molecule has 30 heavy (non-hydrogen) atoms. The minimum absolute atomic E-state index is 0.168. The molecule has 9 heteroatoms. The summed E-state index contributed by atoms with van der Waals surface area (Å²) in [6.45, 7) is 4.00. The van der Waals surface area contributed by atoms with Crippen LogP contribution in [0.4, 0.5) is 10.5 Å². The van der Waals surface area contributed by atoms with Gasteiger partial charge in [-0.1, -0.05) is 40.2 Å². The molecule has 2 aliphatic carbocycles. The van der Waals surface area contributed by atoms with Crippen molar-refractivity contribution >= 4 is 40.6 Å². The normalized spacial score (nSPS) is 19.3. The predicted molar refractivity (Wildman–Crippen MR) is 119 cm³/mol. The van der Waals surface area contributed by atoms with Gasteiger partial charge in [-0.3, -0.25) is 0 Å². The number of carbonyl (C=O) groups excluding carboxylic acids is 1. The van der Waals surface area contributed by atoms with Gasteiger partial charge in [0.15, 0.2) is 0 Å². The van der Waals surface area contributed by atoms with Gasteiger partial charge in [-0.2, -0.15) is 10.5 Å². The SMILES string of the molecule is CC1=C(Cl)CC(Cl)C=C1/C(C)=N\OCc1c(NC(=O)N(C)N=N)cccc1C1CC1. The Labute approximate surface area is 186 Å². The Balaban J connectivity index is 1.79. The maximum absolute atomic E-state index is 12.2. The number of hydrogen-bond donors (Lipinski definition) is 2. The van der Waals surface area contributed by atoms with Crippen molar-refractivity contribution in [3.05, 3.63) is 51.6 Å². The van der Waals surface area contributed by atoms with Gasteiger partial charge in [0.25, 0.3) is 0 Å². The molecule has 1 aromatic rings. The summed E-state index contributed by atoms with van der Waals surface area (Å²) in [6.07, 6.45) is 4.78. The van der Waals surface area contributed by atoms with Gasteiger partial charge in [0, 0.05) is 35.3 Å². The molecule has 0 aliphatic heterocycles. The molecule has 2 amide bonds. The first-order valence-corrected chi connectivity index (χ1v) is 10.6. The van der Waals surface area contributed by atoms with Crippen LogP contribution in [0, 0.1) is 5.53 Å². The molecule has 1 atom stereocenters. The Hall–Kier alpha value is -2.38. The first-order chi connectivity index (χ1) is 14.3. The third kappa shape index (κ3) is 5.21. The maximum atomic E-state index is 12.2. The summed E-state index contributed by atoms with van der Waals surface area (Å²) in [6, 6.07) is 5.28. The molecule has 160 valence electrons. The molecule has 1 aromatic carbocycles. The van der Waals surface area contributed by atoms with Crippen molar-refractivity contribution in [2.45, 2.75) is 51.0 Å². The van der Waals surface area contributed by atoms with Crippen LogP contribution in [-0.4, -0.2) is 29.2 Å². The van der Waals surface area contributed by atoms with Crippen molar-refractivity contribution in [3.8, 4) is 0 Å². The van der Waals surface area contributed by atoms with Crippen molar-refractivity contribution in [1.82, 2.24) is 5.01 Å². The monoisotopic (exact) mass is 449 g/mol. The minimum atomic E-state index is -0.491. The van der Waals surface area contributed by atoms with Gasteiger partial charge >= 0.3 is 6.03 Å². The van der Waals surface area contributed by atoms with E-state index in [0.717, 1.165) is 45.2 Å². The van der Waals surface area contributed by atoms with Gasteiger partial charge in [-0.15, -0.1) is 11.6 Å². The van der Waals surface area contributed by atoms with Gasteiger partial charge in [0.1, 0.15) is 6.61 Å². The molecule has 3 rings (SSSR count). The van der Waals surface area contributed by atoms with Gasteiger partial charge in [0.05, 0.1) is 11.1 Å². The molecule has 0 saturated heterocycles. The Bertz CT molecular complexity index is 937. The van der Waals surface area contributed by atoms with Crippen LogP contribution < -0.4 is 5.32 Å². The van der Waals surface area contributed by atoms with Crippen LogP contribution in [-0.2, 0) is 11.4 Å². The molecule has 2 N–H and O–H groups in total. The number of urea groups is 1. The molecule has 0 radical (unpaired) electrons. The molecule has 0 heterocycles. The maximum Gasteiger partial charge on any atom is 0.343 e. The topological polar surface area (TPSA) is 90.1 Å². The van der Waals surface area contributed by atoms with Crippen LogP contribution in [0.15, 0.2) is 50.8 Å². The number of hydrogen-bond acceptors (Lipinski definition) is 5. The number of rotatable bonds is 7. The van der Waals surface area contributed by atoms with E-state index in [1.165, 1.54) is 7.05 Å². The third-order valence-corrected chi connectivity index (χ3v) is 5.97. The second kappa shape index (κ2) is 9.62. The average molecular weight is 450 g/mol. The Morgan fingerprint density at radius 3 is 2.80 bits per heavy atom. The van der Waals surface area contributed by atoms with Crippen molar-refractivity contribution in [2.75, 3.05) is 12.4 Å². The number of amides is 2. The van der Waals surface area contributed by atoms with Crippen molar-refractivity contribution in [2.24, 2.45) is 10.4 Å². The lowest BCUT2D eigenvalue weighted by Gasteiger charge is -2.19. The van der Waals surface area contributed by atoms with Crippen LogP contribution in [0.3, 0.4) is 0 Å². The van der Waals surface area contributed by atoms with E-state index in [9.17, 15) is 4.79 Å². The van der Waals surface area contributed by atoms with Crippen molar-refractivity contribution in [1.29, 1.82) is 5.53 Å². The van der Waals surface area contributed by atoms with E-state index in [4.69, 9.17) is 33.6 Å². The van der Waals surface area contributed by atoms with Crippen molar-refractivity contribution < 1.29 is 9.63 Å². The standard InChI is InChI=1S/C21H25Cl2N5O2/c1-12-17(9-15(22)10-19(12)23)13(2)26-30-11-18-16(14-7-8-14)5-4-6-20(18)25-21(29)28(3)27-24/h4-6,9,14-15,24H,7-8,10-11H2,1-3H3,(H,25,29)/b26-13-,27-24?. The lowest BCUT2D eigenvalue weighted by Crippen LogP contribution is -2.26. The molecule has 0 bridgehead atoms. The quantitative estimate of drug-likeness (QED) is 0.220. The van der Waals surface area contributed by atoms with Crippen LogP contribution in [0.2, 0.25) is 0 Å². The number of anilines is 1. The van der Waals surface area contributed by atoms with Crippen LogP contribution in [0.1, 0.15) is 50.2 Å². The summed E-state index contributed by atoms with van der Waals surface area (Å²) < 4.78 is 0. The summed E-state index contributed by atoms with van der Waals surface area (Å²) in [5.41, 5.74) is 12.2. The average Bonchev–Trinajstić information content (AvgIpc) is 3.56. The number of carbonyl (C=O) groups is 1. The lowest BCUT2D eigenvalue weighted by atomic mass is 9.95. The zero-order chi connectivity index (χ0) is 21.8. The van der Waals surface area contributed by atoms with E-state index >= 15 is 0 Å². The Kier molecular flexibility index (Phi) is 7.15. The largest absolute Gasteiger partial charge is 0.391 e. The second-order valence-corrected chi connectivity index (χ2v) is 8.50. The molecule has 0 spiro atoms. The summed E-state index contributed by atoms with van der Waals surface area (Å²) >= 11 is 12.6. The number of halogens is 2. The molecular formula is C21H25Cl2N5O2. The van der Waals surface area contributed by atoms with Crippen LogP contribution in [0.5, 0.6) is 0 Å². The molecule has 0 aromatic heterocycles. The molecule has 2 aliphatic rings. The number of nitrogens with one attached hydrogen (secondary N) is 2. The van der Waals surface area contributed by atoms with Crippen LogP contribution in [0.25, 0.3) is 0 Å². The first-order valence-electron chi connectivity index (χ1n) is 9.74. The molecule has 7 nitrogen and oxygen atoms in total. The van der Waals surface area contributed by atoms with Gasteiger partial charge in [0.2, 0.25) is 0 Å². The number of alkyl halides is 1. The smallest absolute Gasteiger partial charge is 0.343 e. The fourth-order valence-electron chi connectivity index (χ4n) is 3.37. The highest BCUT2D eigenvalue weighted by atomic mass is 35.5. The fourth-order valence-corrected chi connectivity index (χ4v) is 4.00. The molecular weight excluding hydrogens is 425 g/mol. The summed E-state index contributed by atoms with van der Waals surface area (Å²) in [4.78, 5) is 17.9. The van der Waals surface area contributed by atoms with Crippen LogP contribution >= 0.6 is 23.2 Å². The van der Waals surface area contributed by atoms with E-state index < -0.39 is 6.03 Å². The highest BCUT2D eigenvalue weighted by Gasteiger charge is 2.28. The third-order valence-electron chi connectivity index (χ3n) is 5.25. The van der Waals surface area contributed by atoms with Gasteiger partial charge in [-0.05, 0) is 49.8 Å². The highest BCUT2D eigenvalue weighted by molar-refractivity contribution is 6.32. The van der Waals surface area contributed by atoms with Gasteiger partial charge in [-0.25, -0.2) is 4.79 Å².